The molecule has 2 aliphatic rings. The second kappa shape index (κ2) is 8.70. The third-order valence-corrected chi connectivity index (χ3v) is 7.91. The van der Waals surface area contributed by atoms with E-state index in [9.17, 15) is 9.59 Å². The van der Waals surface area contributed by atoms with Crippen LogP contribution in [0.2, 0.25) is 0 Å². The van der Waals surface area contributed by atoms with Crippen LogP contribution < -0.4 is 5.32 Å². The summed E-state index contributed by atoms with van der Waals surface area (Å²) in [7, 11) is 0. The number of likely N-dealkylation sites (tertiary alicyclic amines) is 1. The predicted octanol–water partition coefficient (Wildman–Crippen LogP) is 5.00. The highest BCUT2D eigenvalue weighted by Crippen LogP contribution is 2.44. The molecule has 0 bridgehead atoms. The number of fused-ring (bicyclic) bond motifs is 2. The Morgan fingerprint density at radius 3 is 2.66 bits per heavy atom. The van der Waals surface area contributed by atoms with Gasteiger partial charge in [-0.1, -0.05) is 26.0 Å². The molecule has 32 heavy (non-hydrogen) atoms. The van der Waals surface area contributed by atoms with Crippen molar-refractivity contribution in [3.63, 3.8) is 0 Å². The summed E-state index contributed by atoms with van der Waals surface area (Å²) in [6, 6.07) is 8.05. The summed E-state index contributed by atoms with van der Waals surface area (Å²) < 4.78 is 0. The van der Waals surface area contributed by atoms with Crippen LogP contribution in [0.5, 0.6) is 0 Å². The number of aromatic amines is 1. The quantitative estimate of drug-likeness (QED) is 0.587. The number of thiophene rings is 1. The zero-order valence-corrected chi connectivity index (χ0v) is 19.6. The van der Waals surface area contributed by atoms with Gasteiger partial charge in [0, 0.05) is 29.8 Å². The minimum Gasteiger partial charge on any atom is -0.342 e. The van der Waals surface area contributed by atoms with E-state index in [1.54, 1.807) is 11.3 Å². The molecule has 0 saturated carbocycles. The van der Waals surface area contributed by atoms with Crippen LogP contribution >= 0.6 is 11.3 Å². The molecular formula is C25H30N4O2S. The van der Waals surface area contributed by atoms with Crippen molar-refractivity contribution in [2.75, 3.05) is 18.4 Å². The molecule has 2 N–H and O–H groups in total. The van der Waals surface area contributed by atoms with E-state index >= 15 is 0 Å². The van der Waals surface area contributed by atoms with Crippen molar-refractivity contribution in [3.8, 4) is 11.4 Å². The van der Waals surface area contributed by atoms with Gasteiger partial charge in [0.1, 0.15) is 10.8 Å². The molecule has 1 aliphatic carbocycles. The highest BCUT2D eigenvalue weighted by molar-refractivity contribution is 7.17. The molecular weight excluding hydrogens is 420 g/mol. The van der Waals surface area contributed by atoms with Gasteiger partial charge in [0.25, 0.3) is 0 Å². The zero-order valence-electron chi connectivity index (χ0n) is 18.7. The number of imidazole rings is 1. The number of nitrogens with zero attached hydrogens (tertiary/aromatic N) is 2. The van der Waals surface area contributed by atoms with Crippen LogP contribution in [0.3, 0.4) is 0 Å². The van der Waals surface area contributed by atoms with Crippen LogP contribution in [0, 0.1) is 11.8 Å². The van der Waals surface area contributed by atoms with E-state index in [0.717, 1.165) is 53.1 Å². The Labute approximate surface area is 192 Å². The van der Waals surface area contributed by atoms with E-state index in [4.69, 9.17) is 4.98 Å². The minimum atomic E-state index is -0.0612. The van der Waals surface area contributed by atoms with E-state index in [0.29, 0.717) is 13.1 Å². The molecule has 1 saturated heterocycles. The van der Waals surface area contributed by atoms with Gasteiger partial charge in [0.15, 0.2) is 0 Å². The first-order valence-corrected chi connectivity index (χ1v) is 12.5. The van der Waals surface area contributed by atoms with Gasteiger partial charge in [-0.25, -0.2) is 4.98 Å². The summed E-state index contributed by atoms with van der Waals surface area (Å²) in [6.45, 7) is 5.18. The lowest BCUT2D eigenvalue weighted by molar-refractivity contribution is -0.137. The molecule has 0 unspecified atom stereocenters. The number of hydrogen-bond acceptors (Lipinski definition) is 4. The number of H-pyrrole nitrogens is 1. The van der Waals surface area contributed by atoms with Crippen molar-refractivity contribution in [2.45, 2.75) is 52.4 Å². The number of anilines is 1. The maximum Gasteiger partial charge on any atom is 0.228 e. The standard InChI is InChI=1S/C25H30N4O2S/c1-15(2)25(31)29-13-11-16(12-14-29)23(30)28-24-21(17-7-3-6-10-20(17)32-24)22-26-18-8-4-5-9-19(18)27-22/h4-5,8-9,15-16H,3,6-7,10-14H2,1-2H3,(H,26,27)(H,28,30). The van der Waals surface area contributed by atoms with Crippen molar-refractivity contribution in [1.82, 2.24) is 14.9 Å². The highest BCUT2D eigenvalue weighted by Gasteiger charge is 2.30. The second-order valence-corrected chi connectivity index (χ2v) is 10.4. The van der Waals surface area contributed by atoms with Crippen molar-refractivity contribution < 1.29 is 9.59 Å². The maximum absolute atomic E-state index is 13.2. The summed E-state index contributed by atoms with van der Waals surface area (Å²) >= 11 is 1.71. The second-order valence-electron chi connectivity index (χ2n) is 9.26. The minimum absolute atomic E-state index is 0.00387. The maximum atomic E-state index is 13.2. The average molecular weight is 451 g/mol. The fourth-order valence-electron chi connectivity index (χ4n) is 4.92. The van der Waals surface area contributed by atoms with Gasteiger partial charge in [-0.3, -0.25) is 9.59 Å². The van der Waals surface area contributed by atoms with Crippen molar-refractivity contribution in [2.24, 2.45) is 11.8 Å². The molecule has 5 rings (SSSR count). The van der Waals surface area contributed by atoms with E-state index < -0.39 is 0 Å². The Balaban J connectivity index is 1.39. The van der Waals surface area contributed by atoms with E-state index in [-0.39, 0.29) is 23.7 Å². The Morgan fingerprint density at radius 2 is 1.91 bits per heavy atom. The molecule has 1 fully saturated rings. The molecule has 7 heteroatoms. The Kier molecular flexibility index (Phi) is 5.76. The number of aryl methyl sites for hydroxylation is 1. The summed E-state index contributed by atoms with van der Waals surface area (Å²) in [5.41, 5.74) is 4.37. The fourth-order valence-corrected chi connectivity index (χ4v) is 6.21. The largest absolute Gasteiger partial charge is 0.342 e. The highest BCUT2D eigenvalue weighted by atomic mass is 32.1. The molecule has 0 spiro atoms. The Hall–Kier alpha value is -2.67. The number of benzene rings is 1. The van der Waals surface area contributed by atoms with E-state index in [1.807, 2.05) is 43.0 Å². The lowest BCUT2D eigenvalue weighted by Crippen LogP contribution is -2.43. The van der Waals surface area contributed by atoms with Gasteiger partial charge in [0.05, 0.1) is 16.6 Å². The molecule has 2 amide bonds. The first kappa shape index (κ1) is 21.2. The summed E-state index contributed by atoms with van der Waals surface area (Å²) in [5, 5.41) is 4.18. The number of nitrogens with one attached hydrogen (secondary N) is 2. The monoisotopic (exact) mass is 450 g/mol. The van der Waals surface area contributed by atoms with Gasteiger partial charge in [0.2, 0.25) is 11.8 Å². The van der Waals surface area contributed by atoms with Crippen LogP contribution in [-0.2, 0) is 22.4 Å². The Morgan fingerprint density at radius 1 is 1.16 bits per heavy atom. The normalized spacial score (nSPS) is 17.0. The lowest BCUT2D eigenvalue weighted by Gasteiger charge is -2.32. The van der Waals surface area contributed by atoms with Gasteiger partial charge < -0.3 is 15.2 Å². The summed E-state index contributed by atoms with van der Waals surface area (Å²) in [6.07, 6.45) is 5.91. The van der Waals surface area contributed by atoms with Crippen LogP contribution in [0.4, 0.5) is 5.00 Å². The first-order valence-electron chi connectivity index (χ1n) is 11.7. The number of para-hydroxylation sites is 2. The summed E-state index contributed by atoms with van der Waals surface area (Å²) in [4.78, 5) is 37.1. The number of carbonyl (C=O) groups is 2. The van der Waals surface area contributed by atoms with Crippen LogP contribution in [0.15, 0.2) is 24.3 Å². The zero-order chi connectivity index (χ0) is 22.2. The van der Waals surface area contributed by atoms with Crippen LogP contribution in [0.25, 0.3) is 22.4 Å². The number of hydrogen-bond donors (Lipinski definition) is 2. The van der Waals surface area contributed by atoms with Gasteiger partial charge in [-0.2, -0.15) is 0 Å². The fraction of sp³-hybridized carbons (Fsp3) is 0.480. The number of rotatable bonds is 4. The van der Waals surface area contributed by atoms with Gasteiger partial charge in [-0.05, 0) is 56.2 Å². The molecule has 6 nitrogen and oxygen atoms in total. The molecule has 0 atom stereocenters. The third kappa shape index (κ3) is 3.94. The van der Waals surface area contributed by atoms with E-state index in [1.165, 1.54) is 23.3 Å². The Bertz CT molecular complexity index is 1120. The molecule has 3 heterocycles. The smallest absolute Gasteiger partial charge is 0.228 e. The third-order valence-electron chi connectivity index (χ3n) is 6.71. The van der Waals surface area contributed by atoms with Crippen molar-refractivity contribution >= 4 is 39.2 Å². The van der Waals surface area contributed by atoms with Crippen molar-refractivity contribution in [1.29, 1.82) is 0 Å². The van der Waals surface area contributed by atoms with Crippen molar-refractivity contribution in [3.05, 3.63) is 34.7 Å². The van der Waals surface area contributed by atoms with Gasteiger partial charge >= 0.3 is 0 Å². The number of carbonyl (C=O) groups excluding carboxylic acids is 2. The number of amides is 2. The van der Waals surface area contributed by atoms with Crippen LogP contribution in [-0.4, -0.2) is 39.8 Å². The lowest BCUT2D eigenvalue weighted by atomic mass is 9.94. The molecule has 3 aromatic rings. The molecule has 1 aliphatic heterocycles. The molecule has 2 aromatic heterocycles. The number of piperidine rings is 1. The van der Waals surface area contributed by atoms with E-state index in [2.05, 4.69) is 10.3 Å². The van der Waals surface area contributed by atoms with Gasteiger partial charge in [-0.15, -0.1) is 11.3 Å². The van der Waals surface area contributed by atoms with Crippen LogP contribution in [0.1, 0.15) is 50.0 Å². The predicted molar refractivity (Wildman–Crippen MR) is 129 cm³/mol. The summed E-state index contributed by atoms with van der Waals surface area (Å²) in [5.74, 6) is 1.04. The average Bonchev–Trinajstić information content (AvgIpc) is 3.39. The SMILES string of the molecule is CC(C)C(=O)N1CCC(C(=O)Nc2sc3c(c2-c2nc4ccccc4[nH]2)CCCC3)CC1. The molecule has 168 valence electrons. The number of aromatic nitrogens is 2. The first-order chi connectivity index (χ1) is 15.5. The topological polar surface area (TPSA) is 78.1 Å². The molecule has 0 radical (unpaired) electrons. The molecule has 1 aromatic carbocycles.